The Balaban J connectivity index is 1.43. The lowest BCUT2D eigenvalue weighted by atomic mass is 9.66. The SMILES string of the molecule is O[C@]12CCCC[C@@H]1[C@H](c1ccc3c(c1)OCO3)N(C/C=C/c1ccccc1)CC2. The fourth-order valence-corrected chi connectivity index (χ4v) is 5.38. The summed E-state index contributed by atoms with van der Waals surface area (Å²) in [4.78, 5) is 2.53. The normalized spacial score (nSPS) is 29.1. The van der Waals surface area contributed by atoms with E-state index in [1.807, 2.05) is 12.1 Å². The molecule has 1 N–H and O–H groups in total. The Morgan fingerprint density at radius 1 is 1.03 bits per heavy atom. The summed E-state index contributed by atoms with van der Waals surface area (Å²) in [5.41, 5.74) is 1.91. The van der Waals surface area contributed by atoms with Crippen molar-refractivity contribution in [2.45, 2.75) is 43.7 Å². The number of ether oxygens (including phenoxy) is 2. The van der Waals surface area contributed by atoms with Crippen LogP contribution in [0, 0.1) is 5.92 Å². The summed E-state index contributed by atoms with van der Waals surface area (Å²) in [5.74, 6) is 1.90. The fraction of sp³-hybridized carbons (Fsp3) is 0.440. The third kappa shape index (κ3) is 3.67. The van der Waals surface area contributed by atoms with Crippen molar-refractivity contribution in [1.82, 2.24) is 4.90 Å². The Bertz CT molecular complexity index is 881. The molecular formula is C25H29NO3. The lowest BCUT2D eigenvalue weighted by Gasteiger charge is -2.52. The zero-order valence-corrected chi connectivity index (χ0v) is 16.8. The average molecular weight is 392 g/mol. The highest BCUT2D eigenvalue weighted by Gasteiger charge is 2.48. The minimum absolute atomic E-state index is 0.198. The van der Waals surface area contributed by atoms with Gasteiger partial charge >= 0.3 is 0 Å². The molecule has 152 valence electrons. The largest absolute Gasteiger partial charge is 0.454 e. The predicted molar refractivity (Wildman–Crippen MR) is 114 cm³/mol. The van der Waals surface area contributed by atoms with Crippen LogP contribution < -0.4 is 9.47 Å². The van der Waals surface area contributed by atoms with Gasteiger partial charge in [-0.2, -0.15) is 0 Å². The van der Waals surface area contributed by atoms with Crippen LogP contribution in [0.5, 0.6) is 11.5 Å². The van der Waals surface area contributed by atoms with E-state index in [1.54, 1.807) is 0 Å². The molecule has 2 fully saturated rings. The second-order valence-corrected chi connectivity index (χ2v) is 8.57. The van der Waals surface area contributed by atoms with Gasteiger partial charge in [0.2, 0.25) is 6.79 Å². The minimum Gasteiger partial charge on any atom is -0.454 e. The number of hydrogen-bond donors (Lipinski definition) is 1. The maximum absolute atomic E-state index is 11.4. The molecule has 2 heterocycles. The lowest BCUT2D eigenvalue weighted by molar-refractivity contribution is -0.122. The Kier molecular flexibility index (Phi) is 5.06. The van der Waals surface area contributed by atoms with Gasteiger partial charge in [-0.1, -0.05) is 61.4 Å². The molecule has 0 radical (unpaired) electrons. The number of rotatable bonds is 4. The van der Waals surface area contributed by atoms with Crippen molar-refractivity contribution in [1.29, 1.82) is 0 Å². The zero-order valence-electron chi connectivity index (χ0n) is 16.8. The van der Waals surface area contributed by atoms with Crippen LogP contribution in [-0.4, -0.2) is 35.5 Å². The van der Waals surface area contributed by atoms with Gasteiger partial charge in [0.1, 0.15) is 0 Å². The molecule has 1 saturated heterocycles. The minimum atomic E-state index is -0.543. The molecule has 0 aromatic heterocycles. The van der Waals surface area contributed by atoms with E-state index in [1.165, 1.54) is 17.5 Å². The molecule has 3 atom stereocenters. The van der Waals surface area contributed by atoms with Gasteiger partial charge in [-0.25, -0.2) is 0 Å². The zero-order chi connectivity index (χ0) is 19.7. The molecule has 0 bridgehead atoms. The monoisotopic (exact) mass is 391 g/mol. The molecule has 2 aliphatic heterocycles. The Morgan fingerprint density at radius 3 is 2.79 bits per heavy atom. The Labute approximate surface area is 172 Å². The molecule has 3 aliphatic rings. The summed E-state index contributed by atoms with van der Waals surface area (Å²) in [6.07, 6.45) is 9.64. The average Bonchev–Trinajstić information content (AvgIpc) is 3.22. The Morgan fingerprint density at radius 2 is 1.90 bits per heavy atom. The van der Waals surface area contributed by atoms with E-state index in [-0.39, 0.29) is 12.0 Å². The van der Waals surface area contributed by atoms with Crippen LogP contribution in [0.1, 0.15) is 49.3 Å². The van der Waals surface area contributed by atoms with Crippen molar-refractivity contribution in [3.8, 4) is 11.5 Å². The molecular weight excluding hydrogens is 362 g/mol. The molecule has 5 rings (SSSR count). The van der Waals surface area contributed by atoms with Gasteiger partial charge in [0.05, 0.1) is 5.60 Å². The van der Waals surface area contributed by atoms with Gasteiger partial charge in [-0.15, -0.1) is 0 Å². The van der Waals surface area contributed by atoms with E-state index in [4.69, 9.17) is 9.47 Å². The first-order valence-electron chi connectivity index (χ1n) is 10.8. The molecule has 4 heteroatoms. The summed E-state index contributed by atoms with van der Waals surface area (Å²) in [7, 11) is 0. The van der Waals surface area contributed by atoms with Crippen LogP contribution in [-0.2, 0) is 0 Å². The van der Waals surface area contributed by atoms with Crippen LogP contribution in [0.15, 0.2) is 54.6 Å². The third-order valence-electron chi connectivity index (χ3n) is 6.86. The summed E-state index contributed by atoms with van der Waals surface area (Å²) < 4.78 is 11.2. The van der Waals surface area contributed by atoms with Gasteiger partial charge in [0.15, 0.2) is 11.5 Å². The quantitative estimate of drug-likeness (QED) is 0.813. The molecule has 4 nitrogen and oxygen atoms in total. The van der Waals surface area contributed by atoms with Gasteiger partial charge in [-0.3, -0.25) is 4.90 Å². The first-order chi connectivity index (χ1) is 14.2. The molecule has 0 spiro atoms. The Hall–Kier alpha value is -2.30. The van der Waals surface area contributed by atoms with E-state index in [2.05, 4.69) is 53.5 Å². The summed E-state index contributed by atoms with van der Waals surface area (Å²) in [6, 6.07) is 16.9. The fourth-order valence-electron chi connectivity index (χ4n) is 5.38. The third-order valence-corrected chi connectivity index (χ3v) is 6.86. The molecule has 0 unspecified atom stereocenters. The van der Waals surface area contributed by atoms with Gasteiger partial charge in [0.25, 0.3) is 0 Å². The number of fused-ring (bicyclic) bond motifs is 2. The second kappa shape index (κ2) is 7.85. The summed E-state index contributed by atoms with van der Waals surface area (Å²) in [6.45, 7) is 2.08. The molecule has 1 saturated carbocycles. The van der Waals surface area contributed by atoms with E-state index >= 15 is 0 Å². The van der Waals surface area contributed by atoms with Gasteiger partial charge in [-0.05, 0) is 42.5 Å². The van der Waals surface area contributed by atoms with E-state index in [9.17, 15) is 5.11 Å². The maximum Gasteiger partial charge on any atom is 0.231 e. The highest BCUT2D eigenvalue weighted by Crippen LogP contribution is 2.50. The van der Waals surface area contributed by atoms with Crippen molar-refractivity contribution in [2.24, 2.45) is 5.92 Å². The lowest BCUT2D eigenvalue weighted by Crippen LogP contribution is -2.54. The molecule has 29 heavy (non-hydrogen) atoms. The predicted octanol–water partition coefficient (Wildman–Crippen LogP) is 4.80. The first-order valence-corrected chi connectivity index (χ1v) is 10.8. The highest BCUT2D eigenvalue weighted by atomic mass is 16.7. The van der Waals surface area contributed by atoms with Gasteiger partial charge < -0.3 is 14.6 Å². The van der Waals surface area contributed by atoms with Crippen LogP contribution in [0.4, 0.5) is 0 Å². The summed E-state index contributed by atoms with van der Waals surface area (Å²) in [5, 5.41) is 11.4. The second-order valence-electron chi connectivity index (χ2n) is 8.57. The number of benzene rings is 2. The van der Waals surface area contributed by atoms with Crippen molar-refractivity contribution in [3.05, 3.63) is 65.7 Å². The topological polar surface area (TPSA) is 41.9 Å². The summed E-state index contributed by atoms with van der Waals surface area (Å²) >= 11 is 0. The number of hydrogen-bond acceptors (Lipinski definition) is 4. The maximum atomic E-state index is 11.4. The smallest absolute Gasteiger partial charge is 0.231 e. The highest BCUT2D eigenvalue weighted by molar-refractivity contribution is 5.49. The number of piperidine rings is 1. The first kappa shape index (κ1) is 18.7. The molecule has 0 amide bonds. The number of likely N-dealkylation sites (tertiary alicyclic amines) is 1. The van der Waals surface area contributed by atoms with Crippen molar-refractivity contribution >= 4 is 6.08 Å². The van der Waals surface area contributed by atoms with Gasteiger partial charge in [0, 0.05) is 25.0 Å². The van der Waals surface area contributed by atoms with Crippen LogP contribution in [0.25, 0.3) is 6.08 Å². The van der Waals surface area contributed by atoms with Crippen molar-refractivity contribution in [3.63, 3.8) is 0 Å². The van der Waals surface area contributed by atoms with Crippen molar-refractivity contribution in [2.75, 3.05) is 19.9 Å². The number of nitrogens with zero attached hydrogens (tertiary/aromatic N) is 1. The molecule has 2 aromatic rings. The van der Waals surface area contributed by atoms with E-state index in [0.29, 0.717) is 6.79 Å². The standard InChI is InChI=1S/C25H29NO3/c27-25-13-5-4-10-21(25)24(20-11-12-22-23(17-20)29-18-28-22)26(16-14-25)15-6-9-19-7-2-1-3-8-19/h1-3,6-9,11-12,17,21,24,27H,4-5,10,13-16,18H2/b9-6+/t21-,24+,25+/m1/s1. The van der Waals surface area contributed by atoms with Crippen LogP contribution in [0.3, 0.4) is 0 Å². The van der Waals surface area contributed by atoms with Crippen LogP contribution in [0.2, 0.25) is 0 Å². The van der Waals surface area contributed by atoms with Crippen molar-refractivity contribution < 1.29 is 14.6 Å². The number of aliphatic hydroxyl groups is 1. The van der Waals surface area contributed by atoms with E-state index in [0.717, 1.165) is 50.3 Å². The van der Waals surface area contributed by atoms with E-state index < -0.39 is 5.60 Å². The molecule has 2 aromatic carbocycles. The van der Waals surface area contributed by atoms with Crippen LogP contribution >= 0.6 is 0 Å². The molecule has 1 aliphatic carbocycles.